The van der Waals surface area contributed by atoms with E-state index in [4.69, 9.17) is 4.74 Å². The Kier molecular flexibility index (Phi) is 5.85. The van der Waals surface area contributed by atoms with E-state index < -0.39 is 0 Å². The van der Waals surface area contributed by atoms with Crippen molar-refractivity contribution in [3.63, 3.8) is 0 Å². The predicted molar refractivity (Wildman–Crippen MR) is 86.0 cm³/mol. The highest BCUT2D eigenvalue weighted by atomic mass is 32.1. The molecule has 0 saturated carbocycles. The quantitative estimate of drug-likeness (QED) is 0.783. The van der Waals surface area contributed by atoms with Gasteiger partial charge in [-0.3, -0.25) is 9.59 Å². The third-order valence-corrected chi connectivity index (χ3v) is 4.02. The van der Waals surface area contributed by atoms with Crippen molar-refractivity contribution in [1.82, 2.24) is 15.1 Å². The van der Waals surface area contributed by atoms with Gasteiger partial charge in [0.15, 0.2) is 0 Å². The van der Waals surface area contributed by atoms with Crippen LogP contribution in [0.2, 0.25) is 0 Å². The molecular weight excluding hydrogens is 302 g/mol. The van der Waals surface area contributed by atoms with Crippen LogP contribution in [-0.4, -0.2) is 35.9 Å². The summed E-state index contributed by atoms with van der Waals surface area (Å²) in [6, 6.07) is 7.08. The largest absolute Gasteiger partial charge is 0.385 e. The summed E-state index contributed by atoms with van der Waals surface area (Å²) in [4.78, 5) is 25.8. The van der Waals surface area contributed by atoms with Gasteiger partial charge in [-0.05, 0) is 31.5 Å². The molecule has 2 rings (SSSR count). The molecule has 118 valence electrons. The van der Waals surface area contributed by atoms with E-state index in [-0.39, 0.29) is 18.0 Å². The molecule has 2 aromatic heterocycles. The molecule has 0 aliphatic heterocycles. The lowest BCUT2D eigenvalue weighted by Crippen LogP contribution is -2.34. The molecule has 0 spiro atoms. The van der Waals surface area contributed by atoms with Crippen molar-refractivity contribution >= 4 is 17.2 Å². The van der Waals surface area contributed by atoms with E-state index in [1.807, 2.05) is 19.1 Å². The molecule has 0 aliphatic carbocycles. The van der Waals surface area contributed by atoms with Crippen LogP contribution in [0.15, 0.2) is 29.1 Å². The van der Waals surface area contributed by atoms with E-state index in [2.05, 4.69) is 10.4 Å². The lowest BCUT2D eigenvalue weighted by Gasteiger charge is -2.07. The van der Waals surface area contributed by atoms with Crippen molar-refractivity contribution in [3.05, 3.63) is 39.5 Å². The number of thiophene rings is 1. The van der Waals surface area contributed by atoms with E-state index in [1.54, 1.807) is 24.5 Å². The number of hydrogen-bond donors (Lipinski definition) is 1. The molecule has 0 radical (unpaired) electrons. The van der Waals surface area contributed by atoms with Gasteiger partial charge in [0.25, 0.3) is 5.56 Å². The Bertz CT molecular complexity index is 693. The molecule has 1 N–H and O–H groups in total. The van der Waals surface area contributed by atoms with Gasteiger partial charge in [-0.25, -0.2) is 4.68 Å². The summed E-state index contributed by atoms with van der Waals surface area (Å²) in [6.45, 7) is 3.04. The maximum absolute atomic E-state index is 11.8. The lowest BCUT2D eigenvalue weighted by atomic mass is 10.3. The van der Waals surface area contributed by atoms with Crippen molar-refractivity contribution in [2.75, 3.05) is 20.3 Å². The van der Waals surface area contributed by atoms with E-state index >= 15 is 0 Å². The molecule has 7 heteroatoms. The van der Waals surface area contributed by atoms with Gasteiger partial charge >= 0.3 is 0 Å². The first-order valence-corrected chi connectivity index (χ1v) is 7.82. The van der Waals surface area contributed by atoms with Crippen molar-refractivity contribution in [2.24, 2.45) is 0 Å². The molecule has 0 aliphatic rings. The first kappa shape index (κ1) is 16.4. The number of nitrogens with zero attached hydrogens (tertiary/aromatic N) is 2. The summed E-state index contributed by atoms with van der Waals surface area (Å²) < 4.78 is 6.10. The lowest BCUT2D eigenvalue weighted by molar-refractivity contribution is -0.121. The minimum absolute atomic E-state index is 0.0794. The number of methoxy groups -OCH3 is 1. The predicted octanol–water partition coefficient (Wildman–Crippen LogP) is 1.43. The summed E-state index contributed by atoms with van der Waals surface area (Å²) in [5.74, 6) is -0.231. The standard InChI is InChI=1S/C15H19N3O3S/c1-11-4-6-13(22-11)12-5-7-15(20)18(17-12)10-14(19)16-8-3-9-21-2/h4-7H,3,8-10H2,1-2H3,(H,16,19). The van der Waals surface area contributed by atoms with Crippen LogP contribution in [-0.2, 0) is 16.1 Å². The molecule has 0 unspecified atom stereocenters. The number of ether oxygens (including phenoxy) is 1. The zero-order chi connectivity index (χ0) is 15.9. The van der Waals surface area contributed by atoms with Gasteiger partial charge < -0.3 is 10.1 Å². The van der Waals surface area contributed by atoms with Gasteiger partial charge in [0.1, 0.15) is 12.2 Å². The first-order chi connectivity index (χ1) is 10.6. The second kappa shape index (κ2) is 7.86. The second-order valence-corrected chi connectivity index (χ2v) is 6.11. The summed E-state index contributed by atoms with van der Waals surface area (Å²) in [6.07, 6.45) is 0.735. The molecule has 22 heavy (non-hydrogen) atoms. The molecule has 0 saturated heterocycles. The van der Waals surface area contributed by atoms with Crippen LogP contribution in [0.4, 0.5) is 0 Å². The summed E-state index contributed by atoms with van der Waals surface area (Å²) in [7, 11) is 1.61. The smallest absolute Gasteiger partial charge is 0.267 e. The molecule has 0 atom stereocenters. The Hall–Kier alpha value is -1.99. The number of rotatable bonds is 7. The Morgan fingerprint density at radius 1 is 1.36 bits per heavy atom. The van der Waals surface area contributed by atoms with E-state index in [0.717, 1.165) is 11.3 Å². The third kappa shape index (κ3) is 4.51. The Morgan fingerprint density at radius 3 is 2.86 bits per heavy atom. The van der Waals surface area contributed by atoms with E-state index in [0.29, 0.717) is 18.8 Å². The average molecular weight is 321 g/mol. The van der Waals surface area contributed by atoms with Gasteiger partial charge in [0.05, 0.1) is 4.88 Å². The van der Waals surface area contributed by atoms with Crippen LogP contribution in [0.1, 0.15) is 11.3 Å². The minimum atomic E-state index is -0.288. The number of carbonyl (C=O) groups is 1. The van der Waals surface area contributed by atoms with Crippen LogP contribution < -0.4 is 10.9 Å². The number of amides is 1. The number of carbonyl (C=O) groups excluding carboxylic acids is 1. The van der Waals surface area contributed by atoms with Gasteiger partial charge in [0, 0.05) is 31.2 Å². The Labute approximate surface area is 132 Å². The number of nitrogens with one attached hydrogen (secondary N) is 1. The number of hydrogen-bond acceptors (Lipinski definition) is 5. The molecule has 0 bridgehead atoms. The van der Waals surface area contributed by atoms with Crippen LogP contribution in [0.5, 0.6) is 0 Å². The summed E-state index contributed by atoms with van der Waals surface area (Å²) >= 11 is 1.60. The maximum Gasteiger partial charge on any atom is 0.267 e. The Morgan fingerprint density at radius 2 is 2.18 bits per heavy atom. The molecule has 0 fully saturated rings. The van der Waals surface area contributed by atoms with Gasteiger partial charge in [-0.15, -0.1) is 11.3 Å². The second-order valence-electron chi connectivity index (χ2n) is 4.82. The molecule has 6 nitrogen and oxygen atoms in total. The van der Waals surface area contributed by atoms with Gasteiger partial charge in [-0.1, -0.05) is 0 Å². The maximum atomic E-state index is 11.8. The first-order valence-electron chi connectivity index (χ1n) is 7.01. The fraction of sp³-hybridized carbons (Fsp3) is 0.400. The highest BCUT2D eigenvalue weighted by molar-refractivity contribution is 7.15. The topological polar surface area (TPSA) is 73.2 Å². The zero-order valence-corrected chi connectivity index (χ0v) is 13.5. The highest BCUT2D eigenvalue weighted by Crippen LogP contribution is 2.24. The monoisotopic (exact) mass is 321 g/mol. The van der Waals surface area contributed by atoms with Crippen LogP contribution >= 0.6 is 11.3 Å². The highest BCUT2D eigenvalue weighted by Gasteiger charge is 2.08. The van der Waals surface area contributed by atoms with Crippen molar-refractivity contribution in [3.8, 4) is 10.6 Å². The SMILES string of the molecule is COCCCNC(=O)Cn1nc(-c2ccc(C)s2)ccc1=O. The van der Waals surface area contributed by atoms with Crippen molar-refractivity contribution < 1.29 is 9.53 Å². The third-order valence-electron chi connectivity index (χ3n) is 3.00. The molecule has 1 amide bonds. The number of aryl methyl sites for hydroxylation is 1. The molecular formula is C15H19N3O3S. The molecule has 0 aromatic carbocycles. The zero-order valence-electron chi connectivity index (χ0n) is 12.7. The van der Waals surface area contributed by atoms with Crippen molar-refractivity contribution in [1.29, 1.82) is 0 Å². The van der Waals surface area contributed by atoms with Gasteiger partial charge in [-0.2, -0.15) is 5.10 Å². The van der Waals surface area contributed by atoms with Gasteiger partial charge in [0.2, 0.25) is 5.91 Å². The van der Waals surface area contributed by atoms with Crippen LogP contribution in [0, 0.1) is 6.92 Å². The van der Waals surface area contributed by atoms with Crippen molar-refractivity contribution in [2.45, 2.75) is 19.9 Å². The molecule has 2 heterocycles. The average Bonchev–Trinajstić information content (AvgIpc) is 2.92. The summed E-state index contributed by atoms with van der Waals surface area (Å²) in [5, 5.41) is 7.01. The number of aromatic nitrogens is 2. The van der Waals surface area contributed by atoms with E-state index in [9.17, 15) is 9.59 Å². The van der Waals surface area contributed by atoms with E-state index in [1.165, 1.54) is 15.6 Å². The Balaban J connectivity index is 2.04. The fourth-order valence-corrected chi connectivity index (χ4v) is 2.73. The minimum Gasteiger partial charge on any atom is -0.385 e. The fourth-order valence-electron chi connectivity index (χ4n) is 1.90. The molecule has 2 aromatic rings. The summed E-state index contributed by atoms with van der Waals surface area (Å²) in [5.41, 5.74) is 0.411. The normalized spacial score (nSPS) is 10.6. The van der Waals surface area contributed by atoms with Crippen LogP contribution in [0.3, 0.4) is 0 Å². The van der Waals surface area contributed by atoms with Crippen LogP contribution in [0.25, 0.3) is 10.6 Å².